The summed E-state index contributed by atoms with van der Waals surface area (Å²) in [6.45, 7) is 8.93. The lowest BCUT2D eigenvalue weighted by atomic mass is 10.1. The molecular formula is C17H27N3O4. The Kier molecular flexibility index (Phi) is 7.78. The number of aliphatic hydroxyl groups excluding tert-OH is 1. The van der Waals surface area contributed by atoms with Gasteiger partial charge in [0, 0.05) is 6.20 Å². The number of carbonyl (C=O) groups is 1. The molecule has 0 aliphatic carbocycles. The maximum Gasteiger partial charge on any atom is 0.452 e. The van der Waals surface area contributed by atoms with E-state index in [-0.39, 0.29) is 18.8 Å². The van der Waals surface area contributed by atoms with Gasteiger partial charge in [0.1, 0.15) is 17.5 Å². The summed E-state index contributed by atoms with van der Waals surface area (Å²) >= 11 is 0. The molecule has 0 fully saturated rings. The summed E-state index contributed by atoms with van der Waals surface area (Å²) in [5.74, 6) is 0.648. The van der Waals surface area contributed by atoms with Gasteiger partial charge in [0.2, 0.25) is 0 Å². The van der Waals surface area contributed by atoms with Crippen LogP contribution in [0.5, 0.6) is 5.75 Å². The molecule has 1 aromatic heterocycles. The SMILES string of the molecule is C[C@H](CCc1ncccc1O[C@H](C)CO)N=NC(=O)OC(C)(C)C. The number of aromatic nitrogens is 1. The second kappa shape index (κ2) is 9.32. The number of aryl methyl sites for hydroxylation is 1. The van der Waals surface area contributed by atoms with E-state index in [9.17, 15) is 4.79 Å². The van der Waals surface area contributed by atoms with Crippen LogP contribution in [0.3, 0.4) is 0 Å². The molecule has 24 heavy (non-hydrogen) atoms. The fraction of sp³-hybridized carbons (Fsp3) is 0.647. The van der Waals surface area contributed by atoms with Gasteiger partial charge in [-0.05, 0) is 59.6 Å². The largest absolute Gasteiger partial charge is 0.486 e. The van der Waals surface area contributed by atoms with Crippen molar-refractivity contribution in [3.8, 4) is 5.75 Å². The number of hydrogen-bond acceptors (Lipinski definition) is 6. The summed E-state index contributed by atoms with van der Waals surface area (Å²) in [7, 11) is 0. The minimum absolute atomic E-state index is 0.0607. The molecule has 0 spiro atoms. The molecule has 0 radical (unpaired) electrons. The molecule has 7 nitrogen and oxygen atoms in total. The molecule has 1 heterocycles. The van der Waals surface area contributed by atoms with Crippen molar-refractivity contribution in [1.82, 2.24) is 4.98 Å². The Balaban J connectivity index is 2.55. The van der Waals surface area contributed by atoms with Crippen molar-refractivity contribution < 1.29 is 19.4 Å². The average molecular weight is 337 g/mol. The first-order chi connectivity index (χ1) is 11.2. The third-order valence-corrected chi connectivity index (χ3v) is 2.96. The Hall–Kier alpha value is -2.02. The number of carbonyl (C=O) groups excluding carboxylic acids is 1. The zero-order valence-corrected chi connectivity index (χ0v) is 15.0. The second-order valence-corrected chi connectivity index (χ2v) is 6.64. The molecule has 0 saturated carbocycles. The average Bonchev–Trinajstić information content (AvgIpc) is 2.50. The van der Waals surface area contributed by atoms with Crippen LogP contribution in [0, 0.1) is 0 Å². The van der Waals surface area contributed by atoms with Crippen LogP contribution in [-0.2, 0) is 11.2 Å². The van der Waals surface area contributed by atoms with Crippen molar-refractivity contribution in [2.45, 2.75) is 65.2 Å². The lowest BCUT2D eigenvalue weighted by Crippen LogP contribution is -2.21. The minimum atomic E-state index is -0.687. The van der Waals surface area contributed by atoms with Gasteiger partial charge in [0.05, 0.1) is 18.3 Å². The number of aliphatic hydroxyl groups is 1. The van der Waals surface area contributed by atoms with Crippen molar-refractivity contribution in [2.24, 2.45) is 10.2 Å². The minimum Gasteiger partial charge on any atom is -0.486 e. The third-order valence-electron chi connectivity index (χ3n) is 2.96. The van der Waals surface area contributed by atoms with Gasteiger partial charge in [-0.15, -0.1) is 0 Å². The molecule has 1 amide bonds. The summed E-state index contributed by atoms with van der Waals surface area (Å²) in [4.78, 5) is 15.8. The molecule has 2 atom stereocenters. The zero-order valence-electron chi connectivity index (χ0n) is 15.0. The van der Waals surface area contributed by atoms with E-state index in [1.807, 2.05) is 13.0 Å². The molecule has 0 aliphatic heterocycles. The first kappa shape index (κ1) is 20.0. The number of hydrogen-bond donors (Lipinski definition) is 1. The fourth-order valence-corrected chi connectivity index (χ4v) is 1.80. The molecule has 134 valence electrons. The van der Waals surface area contributed by atoms with Crippen LogP contribution in [0.2, 0.25) is 0 Å². The van der Waals surface area contributed by atoms with Crippen LogP contribution in [0.1, 0.15) is 46.7 Å². The fourth-order valence-electron chi connectivity index (χ4n) is 1.80. The molecular weight excluding hydrogens is 310 g/mol. The molecule has 0 unspecified atom stereocenters. The van der Waals surface area contributed by atoms with Crippen LogP contribution in [0.4, 0.5) is 4.79 Å². The standard InChI is InChI=1S/C17H27N3O4/c1-12(19-20-16(22)24-17(3,4)5)8-9-14-15(7-6-10-18-14)23-13(2)11-21/h6-7,10,12-13,21H,8-9,11H2,1-5H3/t12-,13-/m1/s1. The van der Waals surface area contributed by atoms with E-state index >= 15 is 0 Å². The van der Waals surface area contributed by atoms with Crippen molar-refractivity contribution >= 4 is 6.09 Å². The first-order valence-electron chi connectivity index (χ1n) is 8.06. The van der Waals surface area contributed by atoms with Gasteiger partial charge in [-0.2, -0.15) is 5.11 Å². The van der Waals surface area contributed by atoms with E-state index in [0.29, 0.717) is 18.6 Å². The topological polar surface area (TPSA) is 93.4 Å². The Bertz CT molecular complexity index is 555. The first-order valence-corrected chi connectivity index (χ1v) is 8.06. The number of nitrogens with zero attached hydrogens (tertiary/aromatic N) is 3. The van der Waals surface area contributed by atoms with Crippen molar-refractivity contribution in [1.29, 1.82) is 0 Å². The monoisotopic (exact) mass is 337 g/mol. The number of ether oxygens (including phenoxy) is 2. The highest BCUT2D eigenvalue weighted by Crippen LogP contribution is 2.19. The summed E-state index contributed by atoms with van der Waals surface area (Å²) in [6, 6.07) is 3.46. The van der Waals surface area contributed by atoms with E-state index in [1.165, 1.54) is 0 Å². The smallest absolute Gasteiger partial charge is 0.452 e. The predicted octanol–water partition coefficient (Wildman–Crippen LogP) is 3.55. The van der Waals surface area contributed by atoms with Crippen LogP contribution < -0.4 is 4.74 Å². The van der Waals surface area contributed by atoms with Gasteiger partial charge in [0.15, 0.2) is 0 Å². The molecule has 1 N–H and O–H groups in total. The van der Waals surface area contributed by atoms with Gasteiger partial charge in [-0.1, -0.05) is 5.11 Å². The molecule has 0 bridgehead atoms. The summed E-state index contributed by atoms with van der Waals surface area (Å²) in [6.07, 6.45) is 2.00. The normalized spacial score (nSPS) is 14.4. The number of amides is 1. The van der Waals surface area contributed by atoms with Gasteiger partial charge >= 0.3 is 6.09 Å². The van der Waals surface area contributed by atoms with Gasteiger partial charge in [-0.25, -0.2) is 4.79 Å². The maximum atomic E-state index is 11.5. The van der Waals surface area contributed by atoms with E-state index < -0.39 is 11.7 Å². The van der Waals surface area contributed by atoms with E-state index in [2.05, 4.69) is 15.2 Å². The quantitative estimate of drug-likeness (QED) is 0.768. The summed E-state index contributed by atoms with van der Waals surface area (Å²) in [5.41, 5.74) is 0.209. The number of pyridine rings is 1. The van der Waals surface area contributed by atoms with Crippen LogP contribution >= 0.6 is 0 Å². The Labute approximate surface area is 143 Å². The van der Waals surface area contributed by atoms with Crippen LogP contribution in [0.25, 0.3) is 0 Å². The molecule has 0 aromatic carbocycles. The second-order valence-electron chi connectivity index (χ2n) is 6.64. The Morgan fingerprint density at radius 1 is 1.38 bits per heavy atom. The number of rotatable bonds is 7. The lowest BCUT2D eigenvalue weighted by Gasteiger charge is -2.17. The summed E-state index contributed by atoms with van der Waals surface area (Å²) in [5, 5.41) is 16.6. The Morgan fingerprint density at radius 3 is 2.71 bits per heavy atom. The van der Waals surface area contributed by atoms with Crippen molar-refractivity contribution in [2.75, 3.05) is 6.61 Å². The van der Waals surface area contributed by atoms with Crippen LogP contribution in [-0.4, -0.2) is 40.5 Å². The molecule has 0 saturated heterocycles. The van der Waals surface area contributed by atoms with Gasteiger partial charge < -0.3 is 14.6 Å². The third kappa shape index (κ3) is 8.01. The highest BCUT2D eigenvalue weighted by atomic mass is 16.6. The Morgan fingerprint density at radius 2 is 2.08 bits per heavy atom. The van der Waals surface area contributed by atoms with Gasteiger partial charge in [-0.3, -0.25) is 4.98 Å². The zero-order chi connectivity index (χ0) is 18.2. The molecule has 1 aromatic rings. The maximum absolute atomic E-state index is 11.5. The highest BCUT2D eigenvalue weighted by Gasteiger charge is 2.16. The van der Waals surface area contributed by atoms with Gasteiger partial charge in [0.25, 0.3) is 0 Å². The predicted molar refractivity (Wildman–Crippen MR) is 90.3 cm³/mol. The van der Waals surface area contributed by atoms with Crippen molar-refractivity contribution in [3.63, 3.8) is 0 Å². The van der Waals surface area contributed by atoms with E-state index in [0.717, 1.165) is 5.69 Å². The molecule has 0 aliphatic rings. The van der Waals surface area contributed by atoms with Crippen molar-refractivity contribution in [3.05, 3.63) is 24.0 Å². The number of azo groups is 1. The molecule has 7 heteroatoms. The lowest BCUT2D eigenvalue weighted by molar-refractivity contribution is 0.0588. The van der Waals surface area contributed by atoms with Crippen LogP contribution in [0.15, 0.2) is 28.6 Å². The highest BCUT2D eigenvalue weighted by molar-refractivity contribution is 5.67. The summed E-state index contributed by atoms with van der Waals surface area (Å²) < 4.78 is 10.7. The van der Waals surface area contributed by atoms with E-state index in [4.69, 9.17) is 14.6 Å². The van der Waals surface area contributed by atoms with E-state index in [1.54, 1.807) is 40.0 Å². The molecule has 1 rings (SSSR count).